The minimum atomic E-state index is 0. The quantitative estimate of drug-likeness (QED) is 0.431. The highest BCUT2D eigenvalue weighted by atomic mass is 35.5. The smallest absolute Gasteiger partial charge is 0.231 e. The summed E-state index contributed by atoms with van der Waals surface area (Å²) in [5.74, 6) is 2.03. The molecule has 0 bridgehead atoms. The van der Waals surface area contributed by atoms with E-state index in [0.717, 1.165) is 29.9 Å². The van der Waals surface area contributed by atoms with E-state index in [9.17, 15) is 0 Å². The van der Waals surface area contributed by atoms with Crippen LogP contribution in [-0.2, 0) is 6.54 Å². The number of nitrogens with one attached hydrogen (secondary N) is 1. The molecule has 1 aromatic rings. The number of halogens is 1. The Morgan fingerprint density at radius 2 is 1.80 bits per heavy atom. The van der Waals surface area contributed by atoms with Crippen LogP contribution < -0.4 is 26.3 Å². The maximum atomic E-state index is 5.54. The first kappa shape index (κ1) is 19.2. The predicted molar refractivity (Wildman–Crippen MR) is 101 cm³/mol. The van der Waals surface area contributed by atoms with E-state index in [1.807, 2.05) is 18.2 Å². The number of nitrogens with zero attached hydrogens (tertiary/aromatic N) is 2. The van der Waals surface area contributed by atoms with E-state index >= 15 is 0 Å². The molecule has 8 heteroatoms. The Balaban J connectivity index is 0.00000225. The maximum absolute atomic E-state index is 5.54. The summed E-state index contributed by atoms with van der Waals surface area (Å²) < 4.78 is 10.7. The first-order chi connectivity index (χ1) is 11.7. The molecule has 0 spiro atoms. The van der Waals surface area contributed by atoms with Crippen molar-refractivity contribution >= 4 is 24.3 Å². The minimum Gasteiger partial charge on any atom is -0.454 e. The number of benzene rings is 1. The lowest BCUT2D eigenvalue weighted by Crippen LogP contribution is -2.36. The van der Waals surface area contributed by atoms with Crippen LogP contribution in [0.4, 0.5) is 0 Å². The summed E-state index contributed by atoms with van der Waals surface area (Å²) >= 11 is 0. The summed E-state index contributed by atoms with van der Waals surface area (Å²) in [4.78, 5) is 8.69. The van der Waals surface area contributed by atoms with Gasteiger partial charge in [-0.3, -0.25) is 0 Å². The first-order valence-corrected chi connectivity index (χ1v) is 8.50. The lowest BCUT2D eigenvalue weighted by Gasteiger charge is -2.17. The highest BCUT2D eigenvalue weighted by Crippen LogP contribution is 2.32. The van der Waals surface area contributed by atoms with Gasteiger partial charge in [0.05, 0.1) is 6.54 Å². The molecule has 25 heavy (non-hydrogen) atoms. The molecule has 1 aliphatic heterocycles. The van der Waals surface area contributed by atoms with Crippen LogP contribution in [0.15, 0.2) is 28.2 Å². The number of nitrogens with two attached hydrogens (primary N) is 2. The average Bonchev–Trinajstić information content (AvgIpc) is 2.87. The fraction of sp³-hybridized carbons (Fsp3) is 0.529. The molecule has 0 amide bonds. The van der Waals surface area contributed by atoms with Gasteiger partial charge in [-0.25, -0.2) is 4.99 Å². The molecule has 5 N–H and O–H groups in total. The highest BCUT2D eigenvalue weighted by molar-refractivity contribution is 5.93. The van der Waals surface area contributed by atoms with Crippen molar-refractivity contribution in [3.63, 3.8) is 0 Å². The van der Waals surface area contributed by atoms with Crippen LogP contribution in [0.2, 0.25) is 0 Å². The van der Waals surface area contributed by atoms with E-state index < -0.39 is 0 Å². The van der Waals surface area contributed by atoms with E-state index in [0.29, 0.717) is 18.5 Å². The predicted octanol–water partition coefficient (Wildman–Crippen LogP) is 2.28. The fourth-order valence-corrected chi connectivity index (χ4v) is 3.05. The molecule has 1 heterocycles. The van der Waals surface area contributed by atoms with Gasteiger partial charge in [-0.2, -0.15) is 4.99 Å². The molecule has 138 valence electrons. The summed E-state index contributed by atoms with van der Waals surface area (Å²) in [6.07, 6.45) is 7.31. The average molecular weight is 368 g/mol. The highest BCUT2D eigenvalue weighted by Gasteiger charge is 2.15. The van der Waals surface area contributed by atoms with Crippen molar-refractivity contribution in [1.29, 1.82) is 0 Å². The van der Waals surface area contributed by atoms with Crippen LogP contribution in [0.3, 0.4) is 0 Å². The van der Waals surface area contributed by atoms with Gasteiger partial charge in [-0.05, 0) is 30.5 Å². The SMILES string of the molecule is Cl.NC(N)=NC(=NCc1ccc2c(c1)OCO2)NC1CCCCCC1. The van der Waals surface area contributed by atoms with Crippen molar-refractivity contribution in [2.45, 2.75) is 51.1 Å². The third-order valence-electron chi connectivity index (χ3n) is 4.27. The third kappa shape index (κ3) is 5.70. The van der Waals surface area contributed by atoms with E-state index in [2.05, 4.69) is 15.3 Å². The van der Waals surface area contributed by atoms with Crippen LogP contribution in [0.5, 0.6) is 11.5 Å². The Bertz CT molecular complexity index is 623. The van der Waals surface area contributed by atoms with E-state index in [1.54, 1.807) is 0 Å². The molecular weight excluding hydrogens is 342 g/mol. The van der Waals surface area contributed by atoms with Crippen molar-refractivity contribution in [3.05, 3.63) is 23.8 Å². The van der Waals surface area contributed by atoms with Crippen molar-refractivity contribution in [2.75, 3.05) is 6.79 Å². The van der Waals surface area contributed by atoms with Gasteiger partial charge in [0, 0.05) is 6.04 Å². The second-order valence-corrected chi connectivity index (χ2v) is 6.20. The molecule has 0 atom stereocenters. The number of hydrogen-bond acceptors (Lipinski definition) is 3. The maximum Gasteiger partial charge on any atom is 0.231 e. The van der Waals surface area contributed by atoms with Gasteiger partial charge < -0.3 is 26.3 Å². The lowest BCUT2D eigenvalue weighted by molar-refractivity contribution is 0.174. The van der Waals surface area contributed by atoms with E-state index in [-0.39, 0.29) is 25.2 Å². The van der Waals surface area contributed by atoms with Gasteiger partial charge >= 0.3 is 0 Å². The second-order valence-electron chi connectivity index (χ2n) is 6.20. The summed E-state index contributed by atoms with van der Waals surface area (Å²) in [6, 6.07) is 6.18. The van der Waals surface area contributed by atoms with E-state index in [1.165, 1.54) is 25.7 Å². The zero-order valence-electron chi connectivity index (χ0n) is 14.2. The molecule has 7 nitrogen and oxygen atoms in total. The Labute approximate surface area is 154 Å². The van der Waals surface area contributed by atoms with Gasteiger partial charge in [0.2, 0.25) is 12.8 Å². The summed E-state index contributed by atoms with van der Waals surface area (Å²) in [7, 11) is 0. The summed E-state index contributed by atoms with van der Waals surface area (Å²) in [6.45, 7) is 0.743. The van der Waals surface area contributed by atoms with Gasteiger partial charge in [-0.15, -0.1) is 12.4 Å². The normalized spacial score (nSPS) is 17.4. The van der Waals surface area contributed by atoms with Crippen molar-refractivity contribution in [1.82, 2.24) is 5.32 Å². The zero-order chi connectivity index (χ0) is 16.8. The Morgan fingerprint density at radius 1 is 1.08 bits per heavy atom. The molecule has 0 unspecified atom stereocenters. The largest absolute Gasteiger partial charge is 0.454 e. The van der Waals surface area contributed by atoms with E-state index in [4.69, 9.17) is 20.9 Å². The molecule has 0 radical (unpaired) electrons. The van der Waals surface area contributed by atoms with Crippen molar-refractivity contribution in [2.24, 2.45) is 21.5 Å². The first-order valence-electron chi connectivity index (χ1n) is 8.50. The standard InChI is InChI=1S/C17H25N5O2.ClH/c18-16(19)22-17(21-13-5-3-1-2-4-6-13)20-10-12-7-8-14-15(9-12)24-11-23-14;/h7-9,13H,1-6,10-11H2,(H5,18,19,20,21,22);1H. The molecule has 1 fully saturated rings. The van der Waals surface area contributed by atoms with Crippen LogP contribution in [0.25, 0.3) is 0 Å². The zero-order valence-corrected chi connectivity index (χ0v) is 15.1. The molecule has 1 aliphatic carbocycles. The summed E-state index contributed by atoms with van der Waals surface area (Å²) in [5, 5.41) is 3.40. The number of hydrogen-bond donors (Lipinski definition) is 3. The van der Waals surface area contributed by atoms with Gasteiger partial charge in [-0.1, -0.05) is 31.7 Å². The molecule has 0 saturated heterocycles. The molecule has 1 aromatic carbocycles. The minimum absolute atomic E-state index is 0. The van der Waals surface area contributed by atoms with Crippen molar-refractivity contribution < 1.29 is 9.47 Å². The van der Waals surface area contributed by atoms with Gasteiger partial charge in [0.1, 0.15) is 0 Å². The van der Waals surface area contributed by atoms with Gasteiger partial charge in [0.25, 0.3) is 0 Å². The fourth-order valence-electron chi connectivity index (χ4n) is 3.05. The molecule has 2 aliphatic rings. The van der Waals surface area contributed by atoms with Crippen LogP contribution >= 0.6 is 12.4 Å². The Morgan fingerprint density at radius 3 is 2.52 bits per heavy atom. The molecular formula is C17H26ClN5O2. The summed E-state index contributed by atoms with van der Waals surface area (Å²) in [5.41, 5.74) is 12.1. The number of aliphatic imine (C=N–C) groups is 2. The monoisotopic (exact) mass is 367 g/mol. The van der Waals surface area contributed by atoms with Crippen LogP contribution in [0, 0.1) is 0 Å². The third-order valence-corrected chi connectivity index (χ3v) is 4.27. The van der Waals surface area contributed by atoms with Crippen LogP contribution in [0.1, 0.15) is 44.1 Å². The number of guanidine groups is 2. The van der Waals surface area contributed by atoms with Crippen LogP contribution in [-0.4, -0.2) is 24.8 Å². The Kier molecular flexibility index (Phi) is 7.18. The lowest BCUT2D eigenvalue weighted by atomic mass is 10.1. The molecule has 1 saturated carbocycles. The number of fused-ring (bicyclic) bond motifs is 1. The second kappa shape index (κ2) is 9.36. The number of ether oxygens (including phenoxy) is 2. The van der Waals surface area contributed by atoms with Gasteiger partial charge in [0.15, 0.2) is 17.5 Å². The molecule has 3 rings (SSSR count). The number of rotatable bonds is 3. The van der Waals surface area contributed by atoms with Crippen molar-refractivity contribution in [3.8, 4) is 11.5 Å². The molecule has 0 aromatic heterocycles. The Hall–Kier alpha value is -2.15. The topological polar surface area (TPSA) is 107 Å².